The van der Waals surface area contributed by atoms with Crippen LogP contribution in [-0.4, -0.2) is 16.9 Å². The first-order valence-electron chi connectivity index (χ1n) is 6.73. The molecule has 1 aromatic rings. The summed E-state index contributed by atoms with van der Waals surface area (Å²) in [6.45, 7) is 10.5. The molecule has 0 aliphatic rings. The van der Waals surface area contributed by atoms with Crippen molar-refractivity contribution in [1.29, 1.82) is 0 Å². The van der Waals surface area contributed by atoms with Crippen molar-refractivity contribution in [2.24, 2.45) is 11.1 Å². The van der Waals surface area contributed by atoms with Crippen molar-refractivity contribution < 1.29 is 4.79 Å². The Morgan fingerprint density at radius 1 is 1.47 bits per heavy atom. The number of hydrogen-bond acceptors (Lipinski definition) is 4. The number of aryl methyl sites for hydroxylation is 2. The monoisotopic (exact) mass is 283 g/mol. The van der Waals surface area contributed by atoms with Gasteiger partial charge in [0.05, 0.1) is 5.69 Å². The fourth-order valence-electron chi connectivity index (χ4n) is 2.08. The van der Waals surface area contributed by atoms with E-state index >= 15 is 0 Å². The molecule has 1 aromatic heterocycles. The van der Waals surface area contributed by atoms with Crippen LogP contribution in [-0.2, 0) is 11.2 Å². The topological polar surface area (TPSA) is 68.0 Å². The van der Waals surface area contributed by atoms with Gasteiger partial charge in [-0.25, -0.2) is 4.98 Å². The number of carbonyl (C=O) groups is 1. The van der Waals surface area contributed by atoms with Crippen LogP contribution in [0.5, 0.6) is 0 Å². The SMILES string of the molecule is CCc1nc(NC(=O)CC(N)CC(C)(C)C)sc1C. The first kappa shape index (κ1) is 16.1. The number of aromatic nitrogens is 1. The van der Waals surface area contributed by atoms with Crippen molar-refractivity contribution in [2.45, 2.75) is 59.9 Å². The molecule has 1 rings (SSSR count). The summed E-state index contributed by atoms with van der Waals surface area (Å²) in [5.41, 5.74) is 7.20. The van der Waals surface area contributed by atoms with Gasteiger partial charge in [-0.2, -0.15) is 0 Å². The van der Waals surface area contributed by atoms with Crippen LogP contribution in [0.3, 0.4) is 0 Å². The molecule has 0 spiro atoms. The van der Waals surface area contributed by atoms with E-state index in [1.807, 2.05) is 6.92 Å². The first-order valence-corrected chi connectivity index (χ1v) is 7.54. The van der Waals surface area contributed by atoms with Crippen molar-refractivity contribution in [3.8, 4) is 0 Å². The van der Waals surface area contributed by atoms with E-state index < -0.39 is 0 Å². The molecular formula is C14H25N3OS. The molecule has 108 valence electrons. The highest BCUT2D eigenvalue weighted by molar-refractivity contribution is 7.15. The Morgan fingerprint density at radius 3 is 2.58 bits per heavy atom. The number of nitrogens with zero attached hydrogens (tertiary/aromatic N) is 1. The summed E-state index contributed by atoms with van der Waals surface area (Å²) in [5.74, 6) is -0.0480. The second-order valence-corrected chi connectivity index (χ2v) is 7.36. The smallest absolute Gasteiger partial charge is 0.227 e. The Bertz CT molecular complexity index is 434. The van der Waals surface area contributed by atoms with Crippen LogP contribution in [0.1, 0.15) is 51.1 Å². The quantitative estimate of drug-likeness (QED) is 0.872. The third-order valence-electron chi connectivity index (χ3n) is 2.80. The maximum absolute atomic E-state index is 11.9. The molecule has 1 amide bonds. The highest BCUT2D eigenvalue weighted by Crippen LogP contribution is 2.24. The van der Waals surface area contributed by atoms with Crippen LogP contribution in [0.2, 0.25) is 0 Å². The normalized spacial score (nSPS) is 13.4. The number of rotatable bonds is 5. The Balaban J connectivity index is 2.51. The Morgan fingerprint density at radius 2 is 2.11 bits per heavy atom. The van der Waals surface area contributed by atoms with E-state index in [1.165, 1.54) is 11.3 Å². The van der Waals surface area contributed by atoms with Gasteiger partial charge in [0.15, 0.2) is 5.13 Å². The van der Waals surface area contributed by atoms with Crippen molar-refractivity contribution in [2.75, 3.05) is 5.32 Å². The Kier molecular flexibility index (Phi) is 5.50. The molecule has 0 aromatic carbocycles. The molecule has 0 saturated heterocycles. The molecule has 1 heterocycles. The third kappa shape index (κ3) is 5.70. The van der Waals surface area contributed by atoms with Crippen LogP contribution in [0.4, 0.5) is 5.13 Å². The number of carbonyl (C=O) groups excluding carboxylic acids is 1. The van der Waals surface area contributed by atoms with E-state index in [0.717, 1.165) is 23.4 Å². The summed E-state index contributed by atoms with van der Waals surface area (Å²) in [6.07, 6.45) is 2.07. The second kappa shape index (κ2) is 6.48. The molecule has 5 heteroatoms. The minimum Gasteiger partial charge on any atom is -0.327 e. The van der Waals surface area contributed by atoms with Crippen molar-refractivity contribution in [3.63, 3.8) is 0 Å². The van der Waals surface area contributed by atoms with Crippen LogP contribution in [0.25, 0.3) is 0 Å². The second-order valence-electron chi connectivity index (χ2n) is 6.15. The molecule has 0 bridgehead atoms. The lowest BCUT2D eigenvalue weighted by Gasteiger charge is -2.22. The Hall–Kier alpha value is -0.940. The van der Waals surface area contributed by atoms with E-state index in [1.54, 1.807) is 0 Å². The maximum atomic E-state index is 11.9. The van der Waals surface area contributed by atoms with Gasteiger partial charge in [-0.3, -0.25) is 4.79 Å². The summed E-state index contributed by atoms with van der Waals surface area (Å²) in [6, 6.07) is -0.105. The molecule has 0 radical (unpaired) electrons. The average Bonchev–Trinajstić information content (AvgIpc) is 2.54. The molecule has 19 heavy (non-hydrogen) atoms. The fourth-order valence-corrected chi connectivity index (χ4v) is 3.00. The minimum atomic E-state index is -0.105. The van der Waals surface area contributed by atoms with Gasteiger partial charge >= 0.3 is 0 Å². The summed E-state index contributed by atoms with van der Waals surface area (Å²) in [7, 11) is 0. The van der Waals surface area contributed by atoms with Crippen molar-refractivity contribution >= 4 is 22.4 Å². The highest BCUT2D eigenvalue weighted by Gasteiger charge is 2.18. The van der Waals surface area contributed by atoms with Crippen LogP contribution < -0.4 is 11.1 Å². The molecule has 0 saturated carbocycles. The summed E-state index contributed by atoms with van der Waals surface area (Å²) in [4.78, 5) is 17.5. The lowest BCUT2D eigenvalue weighted by atomic mass is 9.87. The number of nitrogens with one attached hydrogen (secondary N) is 1. The molecule has 0 aliphatic carbocycles. The van der Waals surface area contributed by atoms with E-state index in [2.05, 4.69) is 38.0 Å². The molecular weight excluding hydrogens is 258 g/mol. The van der Waals surface area contributed by atoms with Gasteiger partial charge in [0.1, 0.15) is 0 Å². The van der Waals surface area contributed by atoms with Crippen LogP contribution in [0, 0.1) is 12.3 Å². The van der Waals surface area contributed by atoms with Crippen molar-refractivity contribution in [3.05, 3.63) is 10.6 Å². The van der Waals surface area contributed by atoms with E-state index in [-0.39, 0.29) is 17.4 Å². The number of amides is 1. The predicted octanol–water partition coefficient (Wildman–Crippen LogP) is 3.11. The van der Waals surface area contributed by atoms with Gasteiger partial charge in [-0.05, 0) is 25.2 Å². The van der Waals surface area contributed by atoms with Gasteiger partial charge in [0.2, 0.25) is 5.91 Å². The van der Waals surface area contributed by atoms with Crippen LogP contribution in [0.15, 0.2) is 0 Å². The lowest BCUT2D eigenvalue weighted by Crippen LogP contribution is -2.31. The summed E-state index contributed by atoms with van der Waals surface area (Å²) >= 11 is 1.52. The van der Waals surface area contributed by atoms with E-state index in [9.17, 15) is 4.79 Å². The first-order chi connectivity index (χ1) is 8.71. The molecule has 0 aliphatic heterocycles. The fraction of sp³-hybridized carbons (Fsp3) is 0.714. The van der Waals surface area contributed by atoms with Gasteiger partial charge in [0.25, 0.3) is 0 Å². The summed E-state index contributed by atoms with van der Waals surface area (Å²) < 4.78 is 0. The molecule has 1 atom stereocenters. The van der Waals surface area contributed by atoms with Gasteiger partial charge in [-0.15, -0.1) is 11.3 Å². The van der Waals surface area contributed by atoms with Crippen LogP contribution >= 0.6 is 11.3 Å². The number of hydrogen-bond donors (Lipinski definition) is 2. The molecule has 3 N–H and O–H groups in total. The zero-order valence-electron chi connectivity index (χ0n) is 12.5. The molecule has 4 nitrogen and oxygen atoms in total. The molecule has 0 fully saturated rings. The number of nitrogens with two attached hydrogens (primary N) is 1. The van der Waals surface area contributed by atoms with Gasteiger partial charge in [-0.1, -0.05) is 27.7 Å². The highest BCUT2D eigenvalue weighted by atomic mass is 32.1. The predicted molar refractivity (Wildman–Crippen MR) is 81.5 cm³/mol. The molecule has 1 unspecified atom stereocenters. The Labute approximate surface area is 119 Å². The lowest BCUT2D eigenvalue weighted by molar-refractivity contribution is -0.116. The zero-order chi connectivity index (χ0) is 14.6. The van der Waals surface area contributed by atoms with Crippen molar-refractivity contribution in [1.82, 2.24) is 4.98 Å². The van der Waals surface area contributed by atoms with E-state index in [0.29, 0.717) is 11.6 Å². The maximum Gasteiger partial charge on any atom is 0.227 e. The third-order valence-corrected chi connectivity index (χ3v) is 3.72. The minimum absolute atomic E-state index is 0.0480. The number of anilines is 1. The largest absolute Gasteiger partial charge is 0.327 e. The van der Waals surface area contributed by atoms with E-state index in [4.69, 9.17) is 5.73 Å². The number of thiazole rings is 1. The van der Waals surface area contributed by atoms with Gasteiger partial charge < -0.3 is 11.1 Å². The zero-order valence-corrected chi connectivity index (χ0v) is 13.4. The standard InChI is InChI=1S/C14H25N3OS/c1-6-11-9(2)19-13(16-11)17-12(18)7-10(15)8-14(3,4)5/h10H,6-8,15H2,1-5H3,(H,16,17,18). The summed E-state index contributed by atoms with van der Waals surface area (Å²) in [5, 5.41) is 3.53. The average molecular weight is 283 g/mol. The van der Waals surface area contributed by atoms with Gasteiger partial charge in [0, 0.05) is 17.3 Å².